The number of benzene rings is 2. The number of fused-ring (bicyclic) bond motifs is 1. The molecular formula is C25H31N3O3. The Morgan fingerprint density at radius 2 is 1.61 bits per heavy atom. The summed E-state index contributed by atoms with van der Waals surface area (Å²) in [6.45, 7) is 4.61. The van der Waals surface area contributed by atoms with Crippen LogP contribution in [0.3, 0.4) is 0 Å². The summed E-state index contributed by atoms with van der Waals surface area (Å²) < 4.78 is 0. The van der Waals surface area contributed by atoms with Crippen molar-refractivity contribution in [1.29, 1.82) is 0 Å². The van der Waals surface area contributed by atoms with Gasteiger partial charge in [-0.1, -0.05) is 18.2 Å². The summed E-state index contributed by atoms with van der Waals surface area (Å²) in [5.41, 5.74) is 4.40. The third-order valence-corrected chi connectivity index (χ3v) is 6.32. The zero-order chi connectivity index (χ0) is 21.8. The first-order chi connectivity index (χ1) is 15.1. The van der Waals surface area contributed by atoms with Crippen LogP contribution in [0.4, 0.5) is 11.4 Å². The molecule has 0 bridgehead atoms. The number of piperazine rings is 1. The molecule has 2 aromatic carbocycles. The zero-order valence-electron chi connectivity index (χ0n) is 18.2. The smallest absolute Gasteiger partial charge is 0.253 e. The van der Waals surface area contributed by atoms with Crippen molar-refractivity contribution in [2.24, 2.45) is 0 Å². The molecule has 4 rings (SSSR count). The molecular weight excluding hydrogens is 390 g/mol. The first-order valence-corrected chi connectivity index (χ1v) is 11.2. The number of carbonyl (C=O) groups is 2. The summed E-state index contributed by atoms with van der Waals surface area (Å²) in [6, 6.07) is 16.8. The van der Waals surface area contributed by atoms with Gasteiger partial charge in [0.15, 0.2) is 0 Å². The van der Waals surface area contributed by atoms with Gasteiger partial charge in [0, 0.05) is 62.2 Å². The van der Waals surface area contributed by atoms with E-state index in [9.17, 15) is 9.59 Å². The van der Waals surface area contributed by atoms with Crippen molar-refractivity contribution < 1.29 is 14.7 Å². The van der Waals surface area contributed by atoms with E-state index < -0.39 is 0 Å². The van der Waals surface area contributed by atoms with Crippen LogP contribution < -0.4 is 4.90 Å². The molecule has 1 atom stereocenters. The van der Waals surface area contributed by atoms with Gasteiger partial charge >= 0.3 is 0 Å². The number of anilines is 2. The number of hydrogen-bond donors (Lipinski definition) is 1. The van der Waals surface area contributed by atoms with Gasteiger partial charge in [0.05, 0.1) is 0 Å². The summed E-state index contributed by atoms with van der Waals surface area (Å²) >= 11 is 0. The largest absolute Gasteiger partial charge is 0.396 e. The number of aliphatic hydroxyl groups excluding tert-OH is 1. The quantitative estimate of drug-likeness (QED) is 0.728. The van der Waals surface area contributed by atoms with Gasteiger partial charge in [-0.3, -0.25) is 9.59 Å². The lowest BCUT2D eigenvalue weighted by molar-refractivity contribution is -0.132. The molecule has 0 radical (unpaired) electrons. The van der Waals surface area contributed by atoms with Crippen LogP contribution in [0.2, 0.25) is 0 Å². The molecule has 6 heteroatoms. The van der Waals surface area contributed by atoms with Gasteiger partial charge in [0.1, 0.15) is 0 Å². The van der Waals surface area contributed by atoms with Crippen molar-refractivity contribution in [2.75, 3.05) is 37.7 Å². The second kappa shape index (κ2) is 9.52. The van der Waals surface area contributed by atoms with Gasteiger partial charge < -0.3 is 19.8 Å². The van der Waals surface area contributed by atoms with E-state index in [-0.39, 0.29) is 18.4 Å². The first kappa shape index (κ1) is 21.4. The summed E-state index contributed by atoms with van der Waals surface area (Å²) in [6.07, 6.45) is 2.86. The highest BCUT2D eigenvalue weighted by Gasteiger charge is 2.28. The Kier molecular flexibility index (Phi) is 6.56. The molecule has 1 unspecified atom stereocenters. The van der Waals surface area contributed by atoms with Crippen molar-refractivity contribution in [3.8, 4) is 0 Å². The number of carbonyl (C=O) groups excluding carboxylic acids is 2. The van der Waals surface area contributed by atoms with Crippen LogP contribution in [0.5, 0.6) is 0 Å². The van der Waals surface area contributed by atoms with Crippen LogP contribution in [-0.2, 0) is 11.2 Å². The molecule has 0 spiro atoms. The Labute approximate surface area is 184 Å². The van der Waals surface area contributed by atoms with Crippen molar-refractivity contribution in [1.82, 2.24) is 9.80 Å². The van der Waals surface area contributed by atoms with E-state index in [1.807, 2.05) is 34.1 Å². The van der Waals surface area contributed by atoms with Crippen LogP contribution in [0.1, 0.15) is 42.1 Å². The monoisotopic (exact) mass is 421 g/mol. The van der Waals surface area contributed by atoms with E-state index in [1.165, 1.54) is 11.3 Å². The number of nitrogens with zero attached hydrogens (tertiary/aromatic N) is 3. The number of hydrogen-bond acceptors (Lipinski definition) is 4. The number of amides is 2. The predicted octanol–water partition coefficient (Wildman–Crippen LogP) is 3.22. The summed E-state index contributed by atoms with van der Waals surface area (Å²) in [7, 11) is 0. The fourth-order valence-electron chi connectivity index (χ4n) is 4.61. The average Bonchev–Trinajstić information content (AvgIpc) is 3.14. The minimum absolute atomic E-state index is 0.0220. The average molecular weight is 422 g/mol. The molecule has 2 aliphatic rings. The number of aliphatic hydroxyl groups is 1. The fraction of sp³-hybridized carbons (Fsp3) is 0.440. The van der Waals surface area contributed by atoms with Crippen molar-refractivity contribution in [2.45, 2.75) is 38.6 Å². The van der Waals surface area contributed by atoms with Crippen molar-refractivity contribution >= 4 is 23.2 Å². The normalized spacial score (nSPS) is 18.3. The zero-order valence-corrected chi connectivity index (χ0v) is 18.2. The van der Waals surface area contributed by atoms with E-state index in [0.717, 1.165) is 12.1 Å². The van der Waals surface area contributed by atoms with E-state index >= 15 is 0 Å². The second-order valence-corrected chi connectivity index (χ2v) is 8.45. The minimum Gasteiger partial charge on any atom is -0.396 e. The molecule has 2 aliphatic heterocycles. The van der Waals surface area contributed by atoms with E-state index in [1.54, 1.807) is 0 Å². The molecule has 164 valence electrons. The van der Waals surface area contributed by atoms with Gasteiger partial charge in [0.25, 0.3) is 5.91 Å². The highest BCUT2D eigenvalue weighted by Crippen LogP contribution is 2.38. The summed E-state index contributed by atoms with van der Waals surface area (Å²) in [5, 5.41) is 8.86. The third-order valence-electron chi connectivity index (χ3n) is 6.32. The molecule has 0 aliphatic carbocycles. The minimum atomic E-state index is 0.0220. The molecule has 1 fully saturated rings. The molecule has 0 aromatic heterocycles. The number of unbranched alkanes of at least 4 members (excludes halogenated alkanes) is 1. The lowest BCUT2D eigenvalue weighted by atomic mass is 10.1. The van der Waals surface area contributed by atoms with Crippen LogP contribution in [-0.4, -0.2) is 65.5 Å². The highest BCUT2D eigenvalue weighted by molar-refractivity contribution is 5.95. The Bertz CT molecular complexity index is 920. The maximum Gasteiger partial charge on any atom is 0.253 e. The lowest BCUT2D eigenvalue weighted by Crippen LogP contribution is -2.50. The van der Waals surface area contributed by atoms with E-state index in [2.05, 4.69) is 36.1 Å². The van der Waals surface area contributed by atoms with Crippen LogP contribution >= 0.6 is 0 Å². The predicted molar refractivity (Wildman–Crippen MR) is 122 cm³/mol. The maximum atomic E-state index is 13.0. The number of para-hydroxylation sites is 1. The summed E-state index contributed by atoms with van der Waals surface area (Å²) in [4.78, 5) is 31.2. The van der Waals surface area contributed by atoms with E-state index in [0.29, 0.717) is 57.0 Å². The Morgan fingerprint density at radius 1 is 0.935 bits per heavy atom. The fourth-order valence-corrected chi connectivity index (χ4v) is 4.61. The molecule has 2 heterocycles. The molecule has 0 saturated carbocycles. The molecule has 6 nitrogen and oxygen atoms in total. The SMILES string of the molecule is CC1Cc2ccccc2N1c1ccc(C(=O)N2CCN(C(=O)CCCCO)CC2)cc1. The van der Waals surface area contributed by atoms with Gasteiger partial charge in [0.2, 0.25) is 5.91 Å². The van der Waals surface area contributed by atoms with Gasteiger partial charge in [-0.25, -0.2) is 0 Å². The van der Waals surface area contributed by atoms with Gasteiger partial charge in [-0.05, 0) is 62.1 Å². The maximum absolute atomic E-state index is 13.0. The van der Waals surface area contributed by atoms with Crippen LogP contribution in [0, 0.1) is 0 Å². The number of rotatable bonds is 6. The topological polar surface area (TPSA) is 64.1 Å². The molecule has 1 N–H and O–H groups in total. The standard InChI is InChI=1S/C25H31N3O3/c1-19-18-21-6-2-3-7-23(21)28(19)22-11-9-20(10-12-22)25(31)27-15-13-26(14-16-27)24(30)8-4-5-17-29/h2-3,6-7,9-12,19,29H,4-5,8,13-18H2,1H3. The van der Waals surface area contributed by atoms with E-state index in [4.69, 9.17) is 5.11 Å². The Hall–Kier alpha value is -2.86. The van der Waals surface area contributed by atoms with Crippen molar-refractivity contribution in [3.05, 3.63) is 59.7 Å². The summed E-state index contributed by atoms with van der Waals surface area (Å²) in [5.74, 6) is 0.138. The molecule has 1 saturated heterocycles. The highest BCUT2D eigenvalue weighted by atomic mass is 16.3. The van der Waals surface area contributed by atoms with Crippen molar-refractivity contribution in [3.63, 3.8) is 0 Å². The lowest BCUT2D eigenvalue weighted by Gasteiger charge is -2.35. The van der Waals surface area contributed by atoms with Crippen LogP contribution in [0.25, 0.3) is 0 Å². The third kappa shape index (κ3) is 4.59. The first-order valence-electron chi connectivity index (χ1n) is 11.2. The Morgan fingerprint density at radius 3 is 2.32 bits per heavy atom. The molecule has 2 amide bonds. The molecule has 31 heavy (non-hydrogen) atoms. The van der Waals surface area contributed by atoms with Gasteiger partial charge in [-0.2, -0.15) is 0 Å². The second-order valence-electron chi connectivity index (χ2n) is 8.45. The Balaban J connectivity index is 1.36. The molecule has 2 aromatic rings. The van der Waals surface area contributed by atoms with Gasteiger partial charge in [-0.15, -0.1) is 0 Å². The van der Waals surface area contributed by atoms with Crippen LogP contribution in [0.15, 0.2) is 48.5 Å².